The third kappa shape index (κ3) is 11.7. The first-order valence-electron chi connectivity index (χ1n) is 16.7. The van der Waals surface area contributed by atoms with Gasteiger partial charge < -0.3 is 33.2 Å². The van der Waals surface area contributed by atoms with E-state index in [1.165, 1.54) is 16.0 Å². The van der Waals surface area contributed by atoms with Gasteiger partial charge in [-0.2, -0.15) is 0 Å². The Bertz CT molecular complexity index is 1310. The van der Waals surface area contributed by atoms with Gasteiger partial charge in [0.25, 0.3) is 0 Å². The number of esters is 2. The molecule has 48 heavy (non-hydrogen) atoms. The molecule has 11 nitrogen and oxygen atoms in total. The second kappa shape index (κ2) is 19.3. The van der Waals surface area contributed by atoms with Crippen LogP contribution in [-0.4, -0.2) is 107 Å². The summed E-state index contributed by atoms with van der Waals surface area (Å²) in [4.78, 5) is 38.9. The van der Waals surface area contributed by atoms with Crippen molar-refractivity contribution in [1.29, 1.82) is 0 Å². The largest absolute Gasteiger partial charge is 0.460 e. The number of hydrogen-bond donors (Lipinski definition) is 0. The van der Waals surface area contributed by atoms with E-state index < -0.39 is 23.7 Å². The average Bonchev–Trinajstić information content (AvgIpc) is 3.68. The zero-order valence-electron chi connectivity index (χ0n) is 28.4. The van der Waals surface area contributed by atoms with Crippen LogP contribution in [0.1, 0.15) is 57.1 Å². The van der Waals surface area contributed by atoms with Gasteiger partial charge in [0.2, 0.25) is 0 Å². The normalized spacial score (nSPS) is 15.8. The van der Waals surface area contributed by atoms with Gasteiger partial charge in [-0.05, 0) is 61.9 Å². The highest BCUT2D eigenvalue weighted by Gasteiger charge is 2.37. The molecule has 0 unspecified atom stereocenters. The minimum absolute atomic E-state index is 0.0386. The maximum Gasteiger partial charge on any atom is 0.410 e. The molecule has 262 valence electrons. The van der Waals surface area contributed by atoms with Gasteiger partial charge in [-0.1, -0.05) is 54.6 Å². The molecule has 2 aliphatic rings. The number of hydrogen-bond acceptors (Lipinski definition) is 10. The summed E-state index contributed by atoms with van der Waals surface area (Å²) in [6.07, 6.45) is 4.48. The van der Waals surface area contributed by atoms with Gasteiger partial charge in [-0.3, -0.25) is 9.69 Å². The van der Waals surface area contributed by atoms with Crippen LogP contribution in [0.3, 0.4) is 0 Å². The Hall–Kier alpha value is -3.77. The highest BCUT2D eigenvalue weighted by Crippen LogP contribution is 2.44. The number of ether oxygens (including phenoxy) is 7. The molecule has 0 N–H and O–H groups in total. The van der Waals surface area contributed by atoms with Crippen molar-refractivity contribution >= 4 is 18.0 Å². The van der Waals surface area contributed by atoms with Crippen LogP contribution in [-0.2, 0) is 42.7 Å². The van der Waals surface area contributed by atoms with Crippen LogP contribution in [0.25, 0.3) is 11.1 Å². The van der Waals surface area contributed by atoms with Crippen LogP contribution in [0.5, 0.6) is 0 Å². The Morgan fingerprint density at radius 1 is 0.750 bits per heavy atom. The lowest BCUT2D eigenvalue weighted by atomic mass is 9.98. The van der Waals surface area contributed by atoms with E-state index >= 15 is 0 Å². The Morgan fingerprint density at radius 3 is 1.94 bits per heavy atom. The highest BCUT2D eigenvalue weighted by molar-refractivity contribution is 5.82. The Balaban J connectivity index is 1.00. The van der Waals surface area contributed by atoms with E-state index in [0.29, 0.717) is 72.2 Å². The smallest absolute Gasteiger partial charge is 0.410 e. The molecule has 0 bridgehead atoms. The van der Waals surface area contributed by atoms with Crippen molar-refractivity contribution in [2.24, 2.45) is 0 Å². The highest BCUT2D eigenvalue weighted by atomic mass is 16.6. The standard InChI is InChI=1S/C37H49NO10/c1-37(2,3)48-34(39)16-20-43-22-24-45-26-25-44-23-21-42-18-8-9-19-46-35(40)33-15-10-17-38(33)36(41)47-27-32-30-13-6-4-11-28(30)29-12-5-7-14-31(29)32/h4-9,11-14,32-33H,10,15-27H2,1-3H3/b9-8+/t33-/m0/s1. The van der Waals surface area contributed by atoms with E-state index in [-0.39, 0.29) is 31.5 Å². The molecule has 1 saturated heterocycles. The molecule has 1 amide bonds. The zero-order chi connectivity index (χ0) is 34.2. The maximum atomic E-state index is 13.0. The first kappa shape index (κ1) is 37.1. The van der Waals surface area contributed by atoms with Crippen LogP contribution in [0.15, 0.2) is 60.7 Å². The summed E-state index contributed by atoms with van der Waals surface area (Å²) in [5.74, 6) is -0.753. The number of rotatable bonds is 19. The first-order valence-corrected chi connectivity index (χ1v) is 16.7. The van der Waals surface area contributed by atoms with E-state index in [4.69, 9.17) is 33.2 Å². The van der Waals surface area contributed by atoms with Gasteiger partial charge in [-0.25, -0.2) is 9.59 Å². The summed E-state index contributed by atoms with van der Waals surface area (Å²) in [7, 11) is 0. The van der Waals surface area contributed by atoms with Crippen molar-refractivity contribution < 1.29 is 47.5 Å². The Labute approximate surface area is 283 Å². The number of amides is 1. The fraction of sp³-hybridized carbons (Fsp3) is 0.541. The summed E-state index contributed by atoms with van der Waals surface area (Å²) in [5, 5.41) is 0. The summed E-state index contributed by atoms with van der Waals surface area (Å²) in [5.41, 5.74) is 4.13. The predicted octanol–water partition coefficient (Wildman–Crippen LogP) is 5.30. The van der Waals surface area contributed by atoms with Crippen LogP contribution in [0, 0.1) is 0 Å². The van der Waals surface area contributed by atoms with E-state index in [9.17, 15) is 14.4 Å². The number of likely N-dealkylation sites (tertiary alicyclic amines) is 1. The van der Waals surface area contributed by atoms with Crippen molar-refractivity contribution in [1.82, 2.24) is 4.90 Å². The molecule has 1 aliphatic heterocycles. The lowest BCUT2D eigenvalue weighted by molar-refractivity contribution is -0.156. The monoisotopic (exact) mass is 667 g/mol. The zero-order valence-corrected chi connectivity index (χ0v) is 28.4. The molecule has 11 heteroatoms. The molecule has 2 aromatic carbocycles. The first-order chi connectivity index (χ1) is 23.2. The minimum Gasteiger partial charge on any atom is -0.460 e. The molecule has 0 aromatic heterocycles. The van der Waals surface area contributed by atoms with Gasteiger partial charge in [-0.15, -0.1) is 0 Å². The fourth-order valence-corrected chi connectivity index (χ4v) is 5.63. The molecule has 1 atom stereocenters. The summed E-state index contributed by atoms with van der Waals surface area (Å²) in [6.45, 7) is 9.41. The van der Waals surface area contributed by atoms with Crippen molar-refractivity contribution in [3.63, 3.8) is 0 Å². The second-order valence-corrected chi connectivity index (χ2v) is 12.5. The molecule has 4 rings (SSSR count). The molecule has 0 radical (unpaired) electrons. The van der Waals surface area contributed by atoms with Crippen LogP contribution < -0.4 is 0 Å². The van der Waals surface area contributed by atoms with E-state index in [1.54, 1.807) is 12.2 Å². The van der Waals surface area contributed by atoms with Crippen molar-refractivity contribution in [3.8, 4) is 11.1 Å². The third-order valence-corrected chi connectivity index (χ3v) is 7.78. The molecule has 0 saturated carbocycles. The lowest BCUT2D eigenvalue weighted by Crippen LogP contribution is -2.42. The van der Waals surface area contributed by atoms with E-state index in [1.807, 2.05) is 45.0 Å². The topological polar surface area (TPSA) is 119 Å². The summed E-state index contributed by atoms with van der Waals surface area (Å²) >= 11 is 0. The van der Waals surface area contributed by atoms with Crippen molar-refractivity contribution in [2.75, 3.05) is 72.6 Å². The molecular formula is C37H49NO10. The predicted molar refractivity (Wildman–Crippen MR) is 179 cm³/mol. The number of fused-ring (bicyclic) bond motifs is 3. The van der Waals surface area contributed by atoms with Gasteiger partial charge in [0, 0.05) is 12.5 Å². The summed E-state index contributed by atoms with van der Waals surface area (Å²) in [6, 6.07) is 15.7. The lowest BCUT2D eigenvalue weighted by Gasteiger charge is -2.23. The number of carbonyl (C=O) groups is 3. The second-order valence-electron chi connectivity index (χ2n) is 12.5. The van der Waals surface area contributed by atoms with Crippen LogP contribution in [0.2, 0.25) is 0 Å². The van der Waals surface area contributed by atoms with E-state index in [0.717, 1.165) is 11.1 Å². The van der Waals surface area contributed by atoms with Crippen molar-refractivity contribution in [2.45, 2.75) is 57.6 Å². The number of benzene rings is 2. The van der Waals surface area contributed by atoms with Crippen molar-refractivity contribution in [3.05, 3.63) is 71.8 Å². The number of carbonyl (C=O) groups excluding carboxylic acids is 3. The molecule has 1 fully saturated rings. The molecule has 1 aliphatic carbocycles. The quantitative estimate of drug-likeness (QED) is 0.0846. The molecule has 1 heterocycles. The van der Waals surface area contributed by atoms with Crippen LogP contribution in [0.4, 0.5) is 4.79 Å². The van der Waals surface area contributed by atoms with Gasteiger partial charge in [0.1, 0.15) is 24.9 Å². The maximum absolute atomic E-state index is 13.0. The van der Waals surface area contributed by atoms with E-state index in [2.05, 4.69) is 24.3 Å². The van der Waals surface area contributed by atoms with Gasteiger partial charge >= 0.3 is 18.0 Å². The van der Waals surface area contributed by atoms with Gasteiger partial charge in [0.05, 0.1) is 59.3 Å². The molecule has 0 spiro atoms. The third-order valence-electron chi connectivity index (χ3n) is 7.78. The minimum atomic E-state index is -0.650. The fourth-order valence-electron chi connectivity index (χ4n) is 5.63. The SMILES string of the molecule is CC(C)(C)OC(=O)CCOCCOCCOCCOC/C=C/COC(=O)[C@@H]1CCCN1C(=O)OCC1c2ccccc2-c2ccccc21. The summed E-state index contributed by atoms with van der Waals surface area (Å²) < 4.78 is 38.2. The molecular weight excluding hydrogens is 618 g/mol. The Morgan fingerprint density at radius 2 is 1.31 bits per heavy atom. The van der Waals surface area contributed by atoms with Crippen LogP contribution >= 0.6 is 0 Å². The van der Waals surface area contributed by atoms with Gasteiger partial charge in [0.15, 0.2) is 0 Å². The average molecular weight is 668 g/mol. The molecule has 2 aromatic rings. The number of nitrogens with zero attached hydrogens (tertiary/aromatic N) is 1. The Kier molecular flexibility index (Phi) is 14.9.